The van der Waals surface area contributed by atoms with E-state index < -0.39 is 0 Å². The van der Waals surface area contributed by atoms with E-state index in [0.717, 1.165) is 6.61 Å². The van der Waals surface area contributed by atoms with E-state index in [4.69, 9.17) is 5.11 Å². The Labute approximate surface area is 52.8 Å². The van der Waals surface area contributed by atoms with Gasteiger partial charge in [-0.3, -0.25) is 0 Å². The van der Waals surface area contributed by atoms with Gasteiger partial charge in [0.05, 0.1) is 0 Å². The number of hydrogen-bond donors (Lipinski definition) is 1. The van der Waals surface area contributed by atoms with E-state index in [1.165, 1.54) is 18.2 Å². The van der Waals surface area contributed by atoms with Crippen LogP contribution < -0.4 is 0 Å². The Morgan fingerprint density at radius 3 is 2.67 bits per heavy atom. The summed E-state index contributed by atoms with van der Waals surface area (Å²) in [5.74, 6) is -0.335. The summed E-state index contributed by atoms with van der Waals surface area (Å²) < 4.78 is 12.2. The summed E-state index contributed by atoms with van der Waals surface area (Å²) >= 11 is 0. The van der Waals surface area contributed by atoms with Gasteiger partial charge in [0.1, 0.15) is 12.4 Å². The van der Waals surface area contributed by atoms with E-state index in [2.05, 4.69) is 0 Å². The van der Waals surface area contributed by atoms with Crippen LogP contribution in [0.1, 0.15) is 5.56 Å². The standard InChI is InChI=1S/C7H6FO/c8-7-3-1-2-6(4-7)5-9/h1-5,9H. The molecule has 0 aliphatic rings. The molecule has 0 amide bonds. The lowest BCUT2D eigenvalue weighted by Crippen LogP contribution is -1.79. The molecule has 9 heavy (non-hydrogen) atoms. The maximum Gasteiger partial charge on any atom is 0.123 e. The van der Waals surface area contributed by atoms with Crippen molar-refractivity contribution in [3.8, 4) is 0 Å². The molecule has 0 saturated carbocycles. The molecular weight excluding hydrogens is 119 g/mol. The number of benzene rings is 1. The van der Waals surface area contributed by atoms with Crippen LogP contribution in [-0.2, 0) is 0 Å². The molecule has 0 spiro atoms. The molecule has 0 fully saturated rings. The first kappa shape index (κ1) is 6.23. The second kappa shape index (κ2) is 2.60. The van der Waals surface area contributed by atoms with Crippen LogP contribution in [0.5, 0.6) is 0 Å². The third-order valence-electron chi connectivity index (χ3n) is 0.998. The van der Waals surface area contributed by atoms with Crippen molar-refractivity contribution in [3.05, 3.63) is 42.3 Å². The number of hydrogen-bond acceptors (Lipinski definition) is 1. The summed E-state index contributed by atoms with van der Waals surface area (Å²) in [6.07, 6.45) is 0. The molecule has 0 unspecified atom stereocenters. The zero-order chi connectivity index (χ0) is 6.69. The number of rotatable bonds is 1. The highest BCUT2D eigenvalue weighted by Crippen LogP contribution is 2.02. The largest absolute Gasteiger partial charge is 0.385 e. The molecule has 0 aromatic heterocycles. The van der Waals surface area contributed by atoms with Crippen molar-refractivity contribution in [1.82, 2.24) is 0 Å². The fourth-order valence-corrected chi connectivity index (χ4v) is 0.587. The van der Waals surface area contributed by atoms with Crippen molar-refractivity contribution in [1.29, 1.82) is 0 Å². The molecule has 1 rings (SSSR count). The molecule has 1 radical (unpaired) electrons. The zero-order valence-corrected chi connectivity index (χ0v) is 4.71. The molecule has 1 nitrogen and oxygen atoms in total. The molecule has 1 N–H and O–H groups in total. The Morgan fingerprint density at radius 1 is 1.44 bits per heavy atom. The van der Waals surface area contributed by atoms with Crippen LogP contribution in [0, 0.1) is 12.4 Å². The SMILES string of the molecule is O[CH]c1cccc(F)c1. The Morgan fingerprint density at radius 2 is 2.22 bits per heavy atom. The molecule has 0 aliphatic carbocycles. The van der Waals surface area contributed by atoms with Gasteiger partial charge in [0.25, 0.3) is 0 Å². The van der Waals surface area contributed by atoms with Crippen LogP contribution in [0.3, 0.4) is 0 Å². The van der Waals surface area contributed by atoms with E-state index in [0.29, 0.717) is 5.56 Å². The zero-order valence-electron chi connectivity index (χ0n) is 4.71. The van der Waals surface area contributed by atoms with E-state index in [1.54, 1.807) is 6.07 Å². The lowest BCUT2D eigenvalue weighted by molar-refractivity contribution is 0.414. The third-order valence-corrected chi connectivity index (χ3v) is 0.998. The lowest BCUT2D eigenvalue weighted by atomic mass is 10.2. The first-order valence-corrected chi connectivity index (χ1v) is 2.56. The summed E-state index contributed by atoms with van der Waals surface area (Å²) in [6.45, 7) is 0.864. The molecule has 0 aliphatic heterocycles. The van der Waals surface area contributed by atoms with Crippen molar-refractivity contribution in [2.45, 2.75) is 0 Å². The second-order valence-electron chi connectivity index (χ2n) is 1.68. The van der Waals surface area contributed by atoms with Crippen molar-refractivity contribution >= 4 is 0 Å². The molecule has 2 heteroatoms. The summed E-state index contributed by atoms with van der Waals surface area (Å²) in [7, 11) is 0. The van der Waals surface area contributed by atoms with E-state index in [1.807, 2.05) is 0 Å². The minimum Gasteiger partial charge on any atom is -0.385 e. The highest BCUT2D eigenvalue weighted by molar-refractivity contribution is 5.20. The quantitative estimate of drug-likeness (QED) is 0.605. The minimum atomic E-state index is -0.335. The van der Waals surface area contributed by atoms with Gasteiger partial charge in [0.15, 0.2) is 0 Å². The Bertz CT molecular complexity index is 198. The maximum absolute atomic E-state index is 12.2. The molecular formula is C7H6FO. The van der Waals surface area contributed by atoms with Gasteiger partial charge in [-0.15, -0.1) is 0 Å². The molecule has 1 aromatic rings. The van der Waals surface area contributed by atoms with Gasteiger partial charge < -0.3 is 5.11 Å². The van der Waals surface area contributed by atoms with Crippen LogP contribution >= 0.6 is 0 Å². The molecule has 47 valence electrons. The molecule has 0 heterocycles. The topological polar surface area (TPSA) is 20.2 Å². The molecule has 1 aromatic carbocycles. The van der Waals surface area contributed by atoms with Crippen molar-refractivity contribution in [3.63, 3.8) is 0 Å². The highest BCUT2D eigenvalue weighted by atomic mass is 19.1. The summed E-state index contributed by atoms with van der Waals surface area (Å²) in [4.78, 5) is 0. The Hall–Kier alpha value is -0.890. The number of aliphatic hydroxyl groups is 1. The van der Waals surface area contributed by atoms with Gasteiger partial charge in [0.2, 0.25) is 0 Å². The number of halogens is 1. The van der Waals surface area contributed by atoms with Gasteiger partial charge in [-0.05, 0) is 17.7 Å². The van der Waals surface area contributed by atoms with Gasteiger partial charge in [-0.1, -0.05) is 12.1 Å². The minimum absolute atomic E-state index is 0.335. The van der Waals surface area contributed by atoms with Crippen LogP contribution in [0.2, 0.25) is 0 Å². The normalized spacial score (nSPS) is 9.56. The molecule has 0 bridgehead atoms. The van der Waals surface area contributed by atoms with Crippen molar-refractivity contribution in [2.24, 2.45) is 0 Å². The second-order valence-corrected chi connectivity index (χ2v) is 1.68. The molecule has 0 atom stereocenters. The van der Waals surface area contributed by atoms with Gasteiger partial charge in [0, 0.05) is 0 Å². The summed E-state index contributed by atoms with van der Waals surface area (Å²) in [5.41, 5.74) is 0.481. The van der Waals surface area contributed by atoms with Crippen molar-refractivity contribution < 1.29 is 9.50 Å². The third kappa shape index (κ3) is 1.50. The lowest BCUT2D eigenvalue weighted by Gasteiger charge is -1.91. The van der Waals surface area contributed by atoms with Gasteiger partial charge >= 0.3 is 0 Å². The van der Waals surface area contributed by atoms with Crippen LogP contribution in [-0.4, -0.2) is 5.11 Å². The average Bonchev–Trinajstić information content (AvgIpc) is 1.88. The first-order chi connectivity index (χ1) is 4.33. The van der Waals surface area contributed by atoms with Gasteiger partial charge in [-0.2, -0.15) is 0 Å². The van der Waals surface area contributed by atoms with E-state index >= 15 is 0 Å². The summed E-state index contributed by atoms with van der Waals surface area (Å²) in [5, 5.41) is 8.37. The van der Waals surface area contributed by atoms with E-state index in [9.17, 15) is 4.39 Å². The van der Waals surface area contributed by atoms with Gasteiger partial charge in [-0.25, -0.2) is 4.39 Å². The Kier molecular flexibility index (Phi) is 1.80. The van der Waals surface area contributed by atoms with E-state index in [-0.39, 0.29) is 5.82 Å². The predicted molar refractivity (Wildman–Crippen MR) is 31.7 cm³/mol. The first-order valence-electron chi connectivity index (χ1n) is 2.56. The average molecular weight is 125 g/mol. The molecule has 0 saturated heterocycles. The monoisotopic (exact) mass is 125 g/mol. The Balaban J connectivity index is 2.94. The smallest absolute Gasteiger partial charge is 0.123 e. The highest BCUT2D eigenvalue weighted by Gasteiger charge is 1.90. The fraction of sp³-hybridized carbons (Fsp3) is 0. The maximum atomic E-state index is 12.2. The van der Waals surface area contributed by atoms with Crippen LogP contribution in [0.4, 0.5) is 4.39 Å². The van der Waals surface area contributed by atoms with Crippen molar-refractivity contribution in [2.75, 3.05) is 0 Å². The summed E-state index contributed by atoms with van der Waals surface area (Å²) in [6, 6.07) is 5.73. The van der Waals surface area contributed by atoms with Crippen LogP contribution in [0.15, 0.2) is 24.3 Å². The number of aliphatic hydroxyl groups excluding tert-OH is 1. The van der Waals surface area contributed by atoms with Crippen LogP contribution in [0.25, 0.3) is 0 Å². The fourth-order valence-electron chi connectivity index (χ4n) is 0.587. The predicted octanol–water partition coefficient (Wildman–Crippen LogP) is 1.71.